The van der Waals surface area contributed by atoms with Gasteiger partial charge in [-0.15, -0.1) is 5.10 Å². The monoisotopic (exact) mass is 432 g/mol. The van der Waals surface area contributed by atoms with E-state index in [-0.39, 0.29) is 22.2 Å². The molecule has 4 rings (SSSR count). The summed E-state index contributed by atoms with van der Waals surface area (Å²) in [6, 6.07) is 9.43. The van der Waals surface area contributed by atoms with Crippen LogP contribution in [0.1, 0.15) is 25.7 Å². The normalized spacial score (nSPS) is 12.9. The molecule has 0 unspecified atom stereocenters. The van der Waals surface area contributed by atoms with E-state index in [2.05, 4.69) is 29.9 Å². The average molecular weight is 432 g/mol. The summed E-state index contributed by atoms with van der Waals surface area (Å²) in [5, 5.41) is 15.4. The van der Waals surface area contributed by atoms with E-state index in [0.717, 1.165) is 0 Å². The molecular weight excluding hydrogens is 415 g/mol. The van der Waals surface area contributed by atoms with Crippen LogP contribution in [-0.2, 0) is 16.6 Å². The van der Waals surface area contributed by atoms with Gasteiger partial charge in [-0.1, -0.05) is 11.2 Å². The SMILES string of the molecule is CCn1c(Oc2ccc(F)cc2)nnc1[C@@H](C)NS(=O)(=O)c1cccc2nonc12. The van der Waals surface area contributed by atoms with Crippen LogP contribution in [0.3, 0.4) is 0 Å². The maximum atomic E-state index is 13.1. The first-order chi connectivity index (χ1) is 14.4. The summed E-state index contributed by atoms with van der Waals surface area (Å²) in [6.45, 7) is 3.90. The fraction of sp³-hybridized carbons (Fsp3) is 0.222. The van der Waals surface area contributed by atoms with Crippen molar-refractivity contribution in [1.82, 2.24) is 29.8 Å². The maximum Gasteiger partial charge on any atom is 0.322 e. The molecule has 0 aliphatic carbocycles. The minimum Gasteiger partial charge on any atom is -0.424 e. The van der Waals surface area contributed by atoms with Crippen LogP contribution < -0.4 is 9.46 Å². The van der Waals surface area contributed by atoms with Gasteiger partial charge in [-0.2, -0.15) is 0 Å². The number of hydrogen-bond acceptors (Lipinski definition) is 8. The van der Waals surface area contributed by atoms with Gasteiger partial charge in [0.1, 0.15) is 22.0 Å². The van der Waals surface area contributed by atoms with E-state index < -0.39 is 16.1 Å². The van der Waals surface area contributed by atoms with Crippen LogP contribution in [0.4, 0.5) is 4.39 Å². The summed E-state index contributed by atoms with van der Waals surface area (Å²) in [5.74, 6) is 0.340. The maximum absolute atomic E-state index is 13.1. The first-order valence-corrected chi connectivity index (χ1v) is 10.5. The number of sulfonamides is 1. The van der Waals surface area contributed by atoms with Crippen LogP contribution in [0.2, 0.25) is 0 Å². The van der Waals surface area contributed by atoms with E-state index >= 15 is 0 Å². The summed E-state index contributed by atoms with van der Waals surface area (Å²) >= 11 is 0. The van der Waals surface area contributed by atoms with E-state index in [1.807, 2.05) is 6.92 Å². The number of benzene rings is 2. The molecular formula is C18H17FN6O4S. The van der Waals surface area contributed by atoms with Crippen molar-refractivity contribution >= 4 is 21.1 Å². The molecule has 2 heterocycles. The fourth-order valence-corrected chi connectivity index (χ4v) is 4.30. The van der Waals surface area contributed by atoms with Gasteiger partial charge in [0.05, 0.1) is 6.04 Å². The highest BCUT2D eigenvalue weighted by Crippen LogP contribution is 2.25. The van der Waals surface area contributed by atoms with Gasteiger partial charge in [-0.25, -0.2) is 22.2 Å². The number of fused-ring (bicyclic) bond motifs is 1. The molecule has 4 aromatic rings. The Bertz CT molecular complexity index is 1290. The molecule has 0 aliphatic rings. The number of nitrogens with one attached hydrogen (secondary N) is 1. The zero-order valence-electron chi connectivity index (χ0n) is 16.0. The predicted octanol–water partition coefficient (Wildman–Crippen LogP) is 2.81. The number of ether oxygens (including phenoxy) is 1. The van der Waals surface area contributed by atoms with Crippen LogP contribution in [0, 0.1) is 5.82 Å². The van der Waals surface area contributed by atoms with Crippen molar-refractivity contribution in [1.29, 1.82) is 0 Å². The molecule has 0 radical (unpaired) electrons. The Labute approximate surface area is 170 Å². The molecule has 0 aliphatic heterocycles. The third-order valence-corrected chi connectivity index (χ3v) is 5.91. The highest BCUT2D eigenvalue weighted by molar-refractivity contribution is 7.89. The zero-order chi connectivity index (χ0) is 21.3. The van der Waals surface area contributed by atoms with Crippen LogP contribution in [0.5, 0.6) is 11.8 Å². The Morgan fingerprint density at radius 1 is 1.17 bits per heavy atom. The first kappa shape index (κ1) is 19.9. The quantitative estimate of drug-likeness (QED) is 0.473. The molecule has 1 N–H and O–H groups in total. The van der Waals surface area contributed by atoms with Gasteiger partial charge in [0.2, 0.25) is 10.0 Å². The fourth-order valence-electron chi connectivity index (χ4n) is 2.95. The van der Waals surface area contributed by atoms with Crippen LogP contribution in [0.25, 0.3) is 11.0 Å². The van der Waals surface area contributed by atoms with E-state index in [4.69, 9.17) is 4.74 Å². The highest BCUT2D eigenvalue weighted by atomic mass is 32.2. The molecule has 0 saturated heterocycles. The van der Waals surface area contributed by atoms with E-state index in [0.29, 0.717) is 23.6 Å². The molecule has 12 heteroatoms. The van der Waals surface area contributed by atoms with Gasteiger partial charge in [-0.05, 0) is 60.6 Å². The Balaban J connectivity index is 1.60. The Hall–Kier alpha value is -3.38. The summed E-state index contributed by atoms with van der Waals surface area (Å²) in [5.41, 5.74) is 0.465. The lowest BCUT2D eigenvalue weighted by Crippen LogP contribution is -2.29. The zero-order valence-corrected chi connectivity index (χ0v) is 16.8. The molecule has 2 aromatic heterocycles. The van der Waals surface area contributed by atoms with E-state index in [9.17, 15) is 12.8 Å². The Kier molecular flexibility index (Phi) is 5.18. The number of rotatable bonds is 7. The lowest BCUT2D eigenvalue weighted by molar-refractivity contribution is 0.315. The number of hydrogen-bond donors (Lipinski definition) is 1. The second kappa shape index (κ2) is 7.80. The number of nitrogens with zero attached hydrogens (tertiary/aromatic N) is 5. The van der Waals surface area contributed by atoms with Crippen molar-refractivity contribution in [3.8, 4) is 11.8 Å². The molecule has 1 atom stereocenters. The van der Waals surface area contributed by atoms with Crippen molar-refractivity contribution in [2.45, 2.75) is 31.3 Å². The van der Waals surface area contributed by atoms with E-state index in [1.54, 1.807) is 23.6 Å². The summed E-state index contributed by atoms with van der Waals surface area (Å²) in [7, 11) is -3.96. The number of halogens is 1. The first-order valence-electron chi connectivity index (χ1n) is 8.99. The van der Waals surface area contributed by atoms with Crippen molar-refractivity contribution in [3.63, 3.8) is 0 Å². The minimum atomic E-state index is -3.96. The second-order valence-electron chi connectivity index (χ2n) is 6.37. The van der Waals surface area contributed by atoms with Gasteiger partial charge >= 0.3 is 6.01 Å². The Morgan fingerprint density at radius 2 is 1.93 bits per heavy atom. The van der Waals surface area contributed by atoms with Crippen molar-refractivity contribution in [2.75, 3.05) is 0 Å². The third kappa shape index (κ3) is 3.74. The van der Waals surface area contributed by atoms with Gasteiger partial charge in [0.15, 0.2) is 11.3 Å². The molecule has 0 spiro atoms. The largest absolute Gasteiger partial charge is 0.424 e. The van der Waals surface area contributed by atoms with E-state index in [1.165, 1.54) is 30.3 Å². The van der Waals surface area contributed by atoms with Gasteiger partial charge in [-0.3, -0.25) is 4.57 Å². The molecule has 0 bridgehead atoms. The molecule has 156 valence electrons. The second-order valence-corrected chi connectivity index (χ2v) is 8.05. The molecule has 2 aromatic carbocycles. The van der Waals surface area contributed by atoms with Gasteiger partial charge < -0.3 is 4.74 Å². The van der Waals surface area contributed by atoms with Crippen LogP contribution in [-0.4, -0.2) is 33.5 Å². The van der Waals surface area contributed by atoms with Crippen molar-refractivity contribution in [2.24, 2.45) is 0 Å². The topological polar surface area (TPSA) is 125 Å². The Morgan fingerprint density at radius 3 is 2.67 bits per heavy atom. The van der Waals surface area contributed by atoms with Crippen LogP contribution in [0.15, 0.2) is 52.0 Å². The summed E-state index contributed by atoms with van der Waals surface area (Å²) in [4.78, 5) is -0.0570. The molecule has 10 nitrogen and oxygen atoms in total. The lowest BCUT2D eigenvalue weighted by atomic mass is 10.3. The lowest BCUT2D eigenvalue weighted by Gasteiger charge is -2.15. The summed E-state index contributed by atoms with van der Waals surface area (Å²) < 4.78 is 53.4. The predicted molar refractivity (Wildman–Crippen MR) is 103 cm³/mol. The van der Waals surface area contributed by atoms with Gasteiger partial charge in [0.25, 0.3) is 0 Å². The highest BCUT2D eigenvalue weighted by Gasteiger charge is 2.26. The summed E-state index contributed by atoms with van der Waals surface area (Å²) in [6.07, 6.45) is 0. The molecule has 30 heavy (non-hydrogen) atoms. The standard InChI is InChI=1S/C18H17FN6O4S/c1-3-25-17(20-21-18(25)28-13-9-7-12(19)8-10-13)11(2)24-30(26,27)15-6-4-5-14-16(15)23-29-22-14/h4-11,24H,3H2,1-2H3/t11-/m1/s1. The minimum absolute atomic E-state index is 0.0570. The van der Waals surface area contributed by atoms with Crippen molar-refractivity contribution < 1.29 is 22.2 Å². The molecule has 0 fully saturated rings. The van der Waals surface area contributed by atoms with Gasteiger partial charge in [0, 0.05) is 6.54 Å². The average Bonchev–Trinajstić information content (AvgIpc) is 3.35. The van der Waals surface area contributed by atoms with Crippen molar-refractivity contribution in [3.05, 3.63) is 54.1 Å². The number of aromatic nitrogens is 5. The molecule has 0 saturated carbocycles. The molecule has 0 amide bonds. The third-order valence-electron chi connectivity index (χ3n) is 4.34. The van der Waals surface area contributed by atoms with Crippen LogP contribution >= 0.6 is 0 Å². The smallest absolute Gasteiger partial charge is 0.322 e.